The Morgan fingerprint density at radius 3 is 2.48 bits per heavy atom. The molecule has 1 heterocycles. The third-order valence-corrected chi connectivity index (χ3v) is 5.25. The molecule has 0 bridgehead atoms. The smallest absolute Gasteiger partial charge is 0.141 e. The highest BCUT2D eigenvalue weighted by Crippen LogP contribution is 2.33. The molecule has 4 N–H and O–H groups in total. The van der Waals surface area contributed by atoms with Gasteiger partial charge >= 0.3 is 0 Å². The first-order valence-electron chi connectivity index (χ1n) is 9.96. The van der Waals surface area contributed by atoms with Crippen molar-refractivity contribution in [2.45, 2.75) is 33.0 Å². The van der Waals surface area contributed by atoms with E-state index in [2.05, 4.69) is 37.3 Å². The summed E-state index contributed by atoms with van der Waals surface area (Å²) in [5.74, 6) is 0.900. The first-order chi connectivity index (χ1) is 14.2. The third-order valence-electron chi connectivity index (χ3n) is 5.25. The van der Waals surface area contributed by atoms with Crippen molar-refractivity contribution in [2.75, 3.05) is 0 Å². The first-order valence-corrected chi connectivity index (χ1v) is 9.96. The Labute approximate surface area is 171 Å². The molecule has 0 aliphatic rings. The Kier molecular flexibility index (Phi) is 5.65. The highest BCUT2D eigenvalue weighted by molar-refractivity contribution is 5.93. The SMILES string of the molecule is CCc1cccc(CN)c1OCc1cc(-c2cccc(CN)c2)c2occc2c1. The largest absolute Gasteiger partial charge is 0.488 e. The van der Waals surface area contributed by atoms with Gasteiger partial charge in [0.1, 0.15) is 17.9 Å². The number of hydrogen-bond donors (Lipinski definition) is 2. The van der Waals surface area contributed by atoms with Crippen LogP contribution in [-0.4, -0.2) is 0 Å². The fraction of sp³-hybridized carbons (Fsp3) is 0.200. The molecule has 4 heteroatoms. The Hall–Kier alpha value is -3.08. The second kappa shape index (κ2) is 8.52. The van der Waals surface area contributed by atoms with Crippen LogP contribution in [0.4, 0.5) is 0 Å². The standard InChI is InChI=1S/C25H26N2O2/c1-2-19-6-4-8-22(15-27)24(19)29-16-18-12-21-9-10-28-25(21)23(13-18)20-7-3-5-17(11-20)14-26/h3-13H,2,14-16,26-27H2,1H3. The van der Waals surface area contributed by atoms with Gasteiger partial charge in [-0.25, -0.2) is 0 Å². The molecule has 0 saturated carbocycles. The van der Waals surface area contributed by atoms with Crippen molar-refractivity contribution in [1.29, 1.82) is 0 Å². The van der Waals surface area contributed by atoms with E-state index in [1.165, 1.54) is 5.56 Å². The lowest BCUT2D eigenvalue weighted by Crippen LogP contribution is -2.05. The molecule has 0 unspecified atom stereocenters. The predicted octanol–water partition coefficient (Wildman–Crippen LogP) is 5.16. The van der Waals surface area contributed by atoms with Crippen LogP contribution < -0.4 is 16.2 Å². The van der Waals surface area contributed by atoms with E-state index in [1.54, 1.807) is 6.26 Å². The summed E-state index contributed by atoms with van der Waals surface area (Å²) in [6, 6.07) is 20.7. The second-order valence-corrected chi connectivity index (χ2v) is 7.14. The average molecular weight is 386 g/mol. The van der Waals surface area contributed by atoms with E-state index in [-0.39, 0.29) is 0 Å². The van der Waals surface area contributed by atoms with E-state index in [0.717, 1.165) is 51.0 Å². The van der Waals surface area contributed by atoms with Gasteiger partial charge in [-0.05, 0) is 52.9 Å². The molecule has 0 aliphatic heterocycles. The van der Waals surface area contributed by atoms with Crippen LogP contribution in [0.1, 0.15) is 29.2 Å². The van der Waals surface area contributed by atoms with Gasteiger partial charge < -0.3 is 20.6 Å². The Balaban J connectivity index is 1.71. The van der Waals surface area contributed by atoms with Gasteiger partial charge in [-0.3, -0.25) is 0 Å². The molecule has 3 aromatic carbocycles. The summed E-state index contributed by atoms with van der Waals surface area (Å²) < 4.78 is 12.0. The van der Waals surface area contributed by atoms with E-state index in [4.69, 9.17) is 20.6 Å². The summed E-state index contributed by atoms with van der Waals surface area (Å²) in [4.78, 5) is 0. The molecule has 0 aliphatic carbocycles. The third kappa shape index (κ3) is 3.90. The van der Waals surface area contributed by atoms with Crippen LogP contribution >= 0.6 is 0 Å². The molecule has 0 saturated heterocycles. The van der Waals surface area contributed by atoms with Gasteiger partial charge in [-0.2, -0.15) is 0 Å². The van der Waals surface area contributed by atoms with E-state index in [9.17, 15) is 0 Å². The molecule has 148 valence electrons. The summed E-state index contributed by atoms with van der Waals surface area (Å²) >= 11 is 0. The maximum Gasteiger partial charge on any atom is 0.141 e. The van der Waals surface area contributed by atoms with E-state index >= 15 is 0 Å². The maximum atomic E-state index is 6.27. The van der Waals surface area contributed by atoms with Crippen molar-refractivity contribution < 1.29 is 9.15 Å². The normalized spacial score (nSPS) is 11.1. The number of ether oxygens (including phenoxy) is 1. The number of hydrogen-bond acceptors (Lipinski definition) is 4. The number of nitrogens with two attached hydrogens (primary N) is 2. The summed E-state index contributed by atoms with van der Waals surface area (Å²) in [5.41, 5.74) is 19.2. The van der Waals surface area contributed by atoms with Crippen molar-refractivity contribution in [3.63, 3.8) is 0 Å². The summed E-state index contributed by atoms with van der Waals surface area (Å²) in [6.07, 6.45) is 2.63. The number of aryl methyl sites for hydroxylation is 1. The molecule has 0 radical (unpaired) electrons. The van der Waals surface area contributed by atoms with Gasteiger partial charge in [0.25, 0.3) is 0 Å². The lowest BCUT2D eigenvalue weighted by Gasteiger charge is -2.15. The van der Waals surface area contributed by atoms with Crippen molar-refractivity contribution in [2.24, 2.45) is 11.5 Å². The van der Waals surface area contributed by atoms with E-state index in [0.29, 0.717) is 19.7 Å². The second-order valence-electron chi connectivity index (χ2n) is 7.14. The lowest BCUT2D eigenvalue weighted by atomic mass is 9.99. The molecule has 1 aromatic heterocycles. The van der Waals surface area contributed by atoms with Crippen molar-refractivity contribution in [1.82, 2.24) is 0 Å². The Bertz CT molecular complexity index is 1110. The minimum absolute atomic E-state index is 0.459. The zero-order chi connectivity index (χ0) is 20.2. The topological polar surface area (TPSA) is 74.4 Å². The fourth-order valence-corrected chi connectivity index (χ4v) is 3.73. The van der Waals surface area contributed by atoms with Gasteiger partial charge in [0.2, 0.25) is 0 Å². The van der Waals surface area contributed by atoms with Crippen molar-refractivity contribution in [3.8, 4) is 16.9 Å². The lowest BCUT2D eigenvalue weighted by molar-refractivity contribution is 0.300. The van der Waals surface area contributed by atoms with Crippen LogP contribution in [0.3, 0.4) is 0 Å². The Morgan fingerprint density at radius 1 is 0.862 bits per heavy atom. The minimum Gasteiger partial charge on any atom is -0.488 e. The summed E-state index contributed by atoms with van der Waals surface area (Å²) in [5, 5.41) is 1.06. The van der Waals surface area contributed by atoms with Crippen LogP contribution in [0.5, 0.6) is 5.75 Å². The number of benzene rings is 3. The molecule has 4 aromatic rings. The van der Waals surface area contributed by atoms with Gasteiger partial charge in [0, 0.05) is 29.6 Å². The summed E-state index contributed by atoms with van der Waals surface area (Å²) in [6.45, 7) is 3.56. The van der Waals surface area contributed by atoms with Crippen LogP contribution in [0.15, 0.2) is 71.3 Å². The quantitative estimate of drug-likeness (QED) is 0.460. The molecular formula is C25H26N2O2. The van der Waals surface area contributed by atoms with Crippen molar-refractivity contribution >= 4 is 11.0 Å². The number of para-hydroxylation sites is 1. The molecule has 4 rings (SSSR count). The molecule has 0 fully saturated rings. The zero-order valence-corrected chi connectivity index (χ0v) is 16.7. The predicted molar refractivity (Wildman–Crippen MR) is 118 cm³/mol. The molecular weight excluding hydrogens is 360 g/mol. The highest BCUT2D eigenvalue weighted by atomic mass is 16.5. The van der Waals surface area contributed by atoms with E-state index < -0.39 is 0 Å². The molecule has 4 nitrogen and oxygen atoms in total. The Morgan fingerprint density at radius 2 is 1.69 bits per heavy atom. The highest BCUT2D eigenvalue weighted by Gasteiger charge is 2.12. The summed E-state index contributed by atoms with van der Waals surface area (Å²) in [7, 11) is 0. The van der Waals surface area contributed by atoms with Crippen LogP contribution in [-0.2, 0) is 26.1 Å². The zero-order valence-electron chi connectivity index (χ0n) is 16.7. The van der Waals surface area contributed by atoms with Crippen molar-refractivity contribution in [3.05, 3.63) is 89.2 Å². The maximum absolute atomic E-state index is 6.27. The number of fused-ring (bicyclic) bond motifs is 1. The molecule has 0 amide bonds. The molecule has 0 spiro atoms. The number of rotatable bonds is 7. The van der Waals surface area contributed by atoms with Crippen LogP contribution in [0.2, 0.25) is 0 Å². The van der Waals surface area contributed by atoms with Crippen LogP contribution in [0.25, 0.3) is 22.1 Å². The van der Waals surface area contributed by atoms with Gasteiger partial charge in [-0.15, -0.1) is 0 Å². The fourth-order valence-electron chi connectivity index (χ4n) is 3.73. The van der Waals surface area contributed by atoms with Gasteiger partial charge in [-0.1, -0.05) is 43.3 Å². The van der Waals surface area contributed by atoms with Crippen LogP contribution in [0, 0.1) is 0 Å². The number of furan rings is 1. The van der Waals surface area contributed by atoms with Gasteiger partial charge in [0.15, 0.2) is 0 Å². The minimum atomic E-state index is 0.459. The first kappa shape index (κ1) is 19.2. The van der Waals surface area contributed by atoms with Gasteiger partial charge in [0.05, 0.1) is 6.26 Å². The van der Waals surface area contributed by atoms with E-state index in [1.807, 2.05) is 30.3 Å². The average Bonchev–Trinajstić information content (AvgIpc) is 3.25. The monoisotopic (exact) mass is 386 g/mol. The molecule has 29 heavy (non-hydrogen) atoms. The molecule has 0 atom stereocenters.